The molecule has 1 saturated heterocycles. The lowest BCUT2D eigenvalue weighted by Crippen LogP contribution is -2.48. The van der Waals surface area contributed by atoms with Crippen LogP contribution in [-0.4, -0.2) is 47.1 Å². The molecule has 6 nitrogen and oxygen atoms in total. The molecule has 1 aliphatic heterocycles. The quantitative estimate of drug-likeness (QED) is 0.906. The maximum Gasteiger partial charge on any atom is 0.311 e. The smallest absolute Gasteiger partial charge is 0.311 e. The molecular weight excluding hydrogens is 340 g/mol. The van der Waals surface area contributed by atoms with Gasteiger partial charge in [-0.05, 0) is 44.0 Å². The number of hydrogen-bond donors (Lipinski definition) is 1. The number of aromatic nitrogens is 1. The molecule has 2 aromatic rings. The average molecular weight is 360 g/mol. The SMILES string of the molecule is COc1ccc(-c2nc(C(=O)N3CCCC(C)(C(=O)O)C3)cs2)cc1. The minimum absolute atomic E-state index is 0.205. The van der Waals surface area contributed by atoms with E-state index in [4.69, 9.17) is 4.74 Å². The van der Waals surface area contributed by atoms with Crippen molar-refractivity contribution in [3.8, 4) is 16.3 Å². The van der Waals surface area contributed by atoms with Crippen LogP contribution in [0.15, 0.2) is 29.6 Å². The maximum atomic E-state index is 12.7. The van der Waals surface area contributed by atoms with Crippen LogP contribution < -0.4 is 4.74 Å². The lowest BCUT2D eigenvalue weighted by Gasteiger charge is -2.37. The van der Waals surface area contributed by atoms with Gasteiger partial charge >= 0.3 is 5.97 Å². The predicted octanol–water partition coefficient (Wildman–Crippen LogP) is 3.15. The van der Waals surface area contributed by atoms with E-state index < -0.39 is 11.4 Å². The fourth-order valence-corrected chi connectivity index (χ4v) is 3.79. The normalized spacial score (nSPS) is 20.3. The number of carbonyl (C=O) groups excluding carboxylic acids is 1. The van der Waals surface area contributed by atoms with Crippen LogP contribution in [-0.2, 0) is 4.79 Å². The molecule has 0 saturated carbocycles. The zero-order valence-electron chi connectivity index (χ0n) is 14.2. The molecule has 1 fully saturated rings. The average Bonchev–Trinajstić information content (AvgIpc) is 3.11. The minimum Gasteiger partial charge on any atom is -0.497 e. The van der Waals surface area contributed by atoms with Gasteiger partial charge in [-0.2, -0.15) is 0 Å². The molecule has 1 N–H and O–H groups in total. The van der Waals surface area contributed by atoms with Gasteiger partial charge < -0.3 is 14.7 Å². The maximum absolute atomic E-state index is 12.7. The highest BCUT2D eigenvalue weighted by molar-refractivity contribution is 7.13. The number of likely N-dealkylation sites (tertiary alicyclic amines) is 1. The first-order valence-corrected chi connectivity index (χ1v) is 8.93. The van der Waals surface area contributed by atoms with Crippen LogP contribution in [0.2, 0.25) is 0 Å². The second kappa shape index (κ2) is 6.84. The Balaban J connectivity index is 1.77. The number of hydrogen-bond acceptors (Lipinski definition) is 5. The summed E-state index contributed by atoms with van der Waals surface area (Å²) in [6.07, 6.45) is 1.27. The summed E-state index contributed by atoms with van der Waals surface area (Å²) >= 11 is 1.40. The monoisotopic (exact) mass is 360 g/mol. The number of benzene rings is 1. The summed E-state index contributed by atoms with van der Waals surface area (Å²) in [6.45, 7) is 2.48. The predicted molar refractivity (Wildman–Crippen MR) is 95.0 cm³/mol. The van der Waals surface area contributed by atoms with Crippen molar-refractivity contribution in [3.63, 3.8) is 0 Å². The Kier molecular flexibility index (Phi) is 4.76. The third-order valence-electron chi connectivity index (χ3n) is 4.56. The van der Waals surface area contributed by atoms with E-state index in [-0.39, 0.29) is 12.5 Å². The largest absolute Gasteiger partial charge is 0.497 e. The van der Waals surface area contributed by atoms with E-state index in [9.17, 15) is 14.7 Å². The zero-order valence-corrected chi connectivity index (χ0v) is 15.0. The van der Waals surface area contributed by atoms with Crippen molar-refractivity contribution in [1.29, 1.82) is 0 Å². The van der Waals surface area contributed by atoms with E-state index in [1.54, 1.807) is 24.3 Å². The number of rotatable bonds is 4. The van der Waals surface area contributed by atoms with Gasteiger partial charge in [0, 0.05) is 24.0 Å². The van der Waals surface area contributed by atoms with Gasteiger partial charge in [-0.25, -0.2) is 4.98 Å². The van der Waals surface area contributed by atoms with Gasteiger partial charge in [-0.3, -0.25) is 9.59 Å². The van der Waals surface area contributed by atoms with E-state index >= 15 is 0 Å². The van der Waals surface area contributed by atoms with Crippen molar-refractivity contribution in [2.45, 2.75) is 19.8 Å². The van der Waals surface area contributed by atoms with Crippen LogP contribution in [0, 0.1) is 5.41 Å². The highest BCUT2D eigenvalue weighted by atomic mass is 32.1. The van der Waals surface area contributed by atoms with Gasteiger partial charge in [-0.15, -0.1) is 11.3 Å². The first-order chi connectivity index (χ1) is 11.9. The molecule has 0 spiro atoms. The van der Waals surface area contributed by atoms with Crippen molar-refractivity contribution >= 4 is 23.2 Å². The number of amides is 1. The van der Waals surface area contributed by atoms with Crippen LogP contribution in [0.5, 0.6) is 5.75 Å². The standard InChI is InChI=1S/C18H20N2O4S/c1-18(17(22)23)8-3-9-20(11-18)16(21)14-10-25-15(19-14)12-4-6-13(24-2)7-5-12/h4-7,10H,3,8-9,11H2,1-2H3,(H,22,23). The number of carboxylic acids is 1. The van der Waals surface area contributed by atoms with Crippen molar-refractivity contribution in [3.05, 3.63) is 35.3 Å². The molecule has 3 rings (SSSR count). The van der Waals surface area contributed by atoms with Gasteiger partial charge in [-0.1, -0.05) is 0 Å². The first kappa shape index (κ1) is 17.4. The Labute approximate surface area is 150 Å². The minimum atomic E-state index is -0.886. The van der Waals surface area contributed by atoms with E-state index in [1.165, 1.54) is 11.3 Å². The van der Waals surface area contributed by atoms with Gasteiger partial charge in [0.05, 0.1) is 12.5 Å². The molecule has 1 unspecified atom stereocenters. The van der Waals surface area contributed by atoms with E-state index in [0.29, 0.717) is 25.1 Å². The highest BCUT2D eigenvalue weighted by Crippen LogP contribution is 2.31. The fourth-order valence-electron chi connectivity index (χ4n) is 2.99. The lowest BCUT2D eigenvalue weighted by molar-refractivity contribution is -0.150. The number of carbonyl (C=O) groups is 2. The molecule has 2 heterocycles. The summed E-state index contributed by atoms with van der Waals surface area (Å²) in [5.41, 5.74) is 0.396. The van der Waals surface area contributed by atoms with Crippen LogP contribution in [0.1, 0.15) is 30.3 Å². The zero-order chi connectivity index (χ0) is 18.0. The number of carboxylic acid groups (broad SMARTS) is 1. The van der Waals surface area contributed by atoms with Crippen molar-refractivity contribution in [1.82, 2.24) is 9.88 Å². The van der Waals surface area contributed by atoms with E-state index in [2.05, 4.69) is 4.98 Å². The van der Waals surface area contributed by atoms with Crippen LogP contribution in [0.4, 0.5) is 0 Å². The molecule has 132 valence electrons. The Morgan fingerprint density at radius 1 is 1.32 bits per heavy atom. The molecule has 1 aromatic heterocycles. The van der Waals surface area contributed by atoms with Crippen molar-refractivity contribution in [2.24, 2.45) is 5.41 Å². The molecule has 7 heteroatoms. The van der Waals surface area contributed by atoms with Crippen LogP contribution in [0.3, 0.4) is 0 Å². The lowest BCUT2D eigenvalue weighted by atomic mass is 9.82. The van der Waals surface area contributed by atoms with Crippen LogP contribution in [0.25, 0.3) is 10.6 Å². The second-order valence-electron chi connectivity index (χ2n) is 6.46. The number of aliphatic carboxylic acids is 1. The number of methoxy groups -OCH3 is 1. The summed E-state index contributed by atoms with van der Waals surface area (Å²) in [4.78, 5) is 30.2. The third kappa shape index (κ3) is 3.51. The van der Waals surface area contributed by atoms with Gasteiger partial charge in [0.1, 0.15) is 16.5 Å². The summed E-state index contributed by atoms with van der Waals surface area (Å²) in [5.74, 6) is -0.303. The fraction of sp³-hybridized carbons (Fsp3) is 0.389. The molecule has 25 heavy (non-hydrogen) atoms. The Hall–Kier alpha value is -2.41. The number of nitrogens with zero attached hydrogens (tertiary/aromatic N) is 2. The highest BCUT2D eigenvalue weighted by Gasteiger charge is 2.39. The molecular formula is C18H20N2O4S. The number of thiazole rings is 1. The molecule has 1 aliphatic rings. The Morgan fingerprint density at radius 2 is 2.04 bits per heavy atom. The Morgan fingerprint density at radius 3 is 2.68 bits per heavy atom. The summed E-state index contributed by atoms with van der Waals surface area (Å²) in [6, 6.07) is 7.49. The summed E-state index contributed by atoms with van der Waals surface area (Å²) in [7, 11) is 1.61. The Bertz CT molecular complexity index is 787. The van der Waals surface area contributed by atoms with E-state index in [1.807, 2.05) is 24.3 Å². The molecule has 0 radical (unpaired) electrons. The van der Waals surface area contributed by atoms with Crippen molar-refractivity contribution < 1.29 is 19.4 Å². The molecule has 1 atom stereocenters. The van der Waals surface area contributed by atoms with Gasteiger partial charge in [0.2, 0.25) is 0 Å². The third-order valence-corrected chi connectivity index (χ3v) is 5.45. The molecule has 1 aromatic carbocycles. The summed E-state index contributed by atoms with van der Waals surface area (Å²) in [5, 5.41) is 11.9. The molecule has 0 bridgehead atoms. The number of piperidine rings is 1. The topological polar surface area (TPSA) is 79.7 Å². The second-order valence-corrected chi connectivity index (χ2v) is 7.32. The van der Waals surface area contributed by atoms with Crippen molar-refractivity contribution in [2.75, 3.05) is 20.2 Å². The van der Waals surface area contributed by atoms with Gasteiger partial charge in [0.25, 0.3) is 5.91 Å². The number of ether oxygens (including phenoxy) is 1. The van der Waals surface area contributed by atoms with Crippen LogP contribution >= 0.6 is 11.3 Å². The molecule has 1 amide bonds. The molecule has 0 aliphatic carbocycles. The first-order valence-electron chi connectivity index (χ1n) is 8.05. The summed E-state index contributed by atoms with van der Waals surface area (Å²) < 4.78 is 5.14. The van der Waals surface area contributed by atoms with Gasteiger partial charge in [0.15, 0.2) is 0 Å². The van der Waals surface area contributed by atoms with E-state index in [0.717, 1.165) is 16.3 Å².